The molecule has 0 aliphatic rings. The van der Waals surface area contributed by atoms with Gasteiger partial charge in [0.1, 0.15) is 17.4 Å². The number of ether oxygens (including phenoxy) is 2. The maximum atomic E-state index is 12.4. The van der Waals surface area contributed by atoms with Crippen LogP contribution in [0.25, 0.3) is 0 Å². The molecule has 1 rings (SSSR count). The summed E-state index contributed by atoms with van der Waals surface area (Å²) in [5.41, 5.74) is 0.0692. The van der Waals surface area contributed by atoms with Crippen molar-refractivity contribution in [2.24, 2.45) is 0 Å². The minimum Gasteiger partial charge on any atom is -0.496 e. The highest BCUT2D eigenvalue weighted by atomic mass is 32.2. The fourth-order valence-corrected chi connectivity index (χ4v) is 3.25. The molecule has 0 aliphatic heterocycles. The highest BCUT2D eigenvalue weighted by molar-refractivity contribution is 7.89. The maximum absolute atomic E-state index is 12.4. The second-order valence-electron chi connectivity index (χ2n) is 5.01. The largest absolute Gasteiger partial charge is 0.496 e. The molecule has 0 radical (unpaired) electrons. The van der Waals surface area contributed by atoms with Gasteiger partial charge in [0, 0.05) is 6.07 Å². The first-order chi connectivity index (χ1) is 11.3. The molecule has 8 nitrogen and oxygen atoms in total. The zero-order valence-corrected chi connectivity index (χ0v) is 14.6. The van der Waals surface area contributed by atoms with Gasteiger partial charge >= 0.3 is 11.9 Å². The van der Waals surface area contributed by atoms with E-state index in [4.69, 9.17) is 9.84 Å². The Kier molecular flexibility index (Phi) is 7.18. The molecule has 0 saturated carbocycles. The van der Waals surface area contributed by atoms with Crippen molar-refractivity contribution in [3.05, 3.63) is 23.8 Å². The van der Waals surface area contributed by atoms with Crippen LogP contribution in [0.3, 0.4) is 0 Å². The van der Waals surface area contributed by atoms with Gasteiger partial charge in [0.05, 0.1) is 19.1 Å². The van der Waals surface area contributed by atoms with Crippen LogP contribution < -0.4 is 9.46 Å². The highest BCUT2D eigenvalue weighted by Gasteiger charge is 2.26. The molecule has 0 bridgehead atoms. The van der Waals surface area contributed by atoms with Gasteiger partial charge in [0.25, 0.3) is 0 Å². The lowest BCUT2D eigenvalue weighted by atomic mass is 10.1. The summed E-state index contributed by atoms with van der Waals surface area (Å²) >= 11 is 0. The Labute approximate surface area is 140 Å². The molecule has 0 fully saturated rings. The zero-order chi connectivity index (χ0) is 18.3. The van der Waals surface area contributed by atoms with Crippen LogP contribution >= 0.6 is 0 Å². The number of methoxy groups -OCH3 is 2. The van der Waals surface area contributed by atoms with Crippen LogP contribution in [0, 0.1) is 0 Å². The molecular formula is C15H21NO7S. The fraction of sp³-hybridized carbons (Fsp3) is 0.467. The average molecular weight is 359 g/mol. The van der Waals surface area contributed by atoms with E-state index >= 15 is 0 Å². The zero-order valence-electron chi connectivity index (χ0n) is 13.7. The van der Waals surface area contributed by atoms with E-state index in [1.54, 1.807) is 0 Å². The first-order valence-corrected chi connectivity index (χ1v) is 8.76. The van der Waals surface area contributed by atoms with Crippen molar-refractivity contribution in [1.29, 1.82) is 0 Å². The van der Waals surface area contributed by atoms with Crippen LogP contribution in [0.4, 0.5) is 0 Å². The number of benzene rings is 1. The van der Waals surface area contributed by atoms with Gasteiger partial charge in [-0.3, -0.25) is 4.79 Å². The summed E-state index contributed by atoms with van der Waals surface area (Å²) in [7, 11) is -1.60. The second kappa shape index (κ2) is 8.65. The summed E-state index contributed by atoms with van der Waals surface area (Å²) < 4.78 is 36.5. The van der Waals surface area contributed by atoms with Gasteiger partial charge < -0.3 is 14.6 Å². The van der Waals surface area contributed by atoms with Crippen molar-refractivity contribution in [3.8, 4) is 5.75 Å². The third-order valence-corrected chi connectivity index (χ3v) is 4.80. The lowest BCUT2D eigenvalue weighted by molar-refractivity contribution is -0.139. The molecular weight excluding hydrogens is 338 g/mol. The SMILES string of the molecule is CCCCC(NS(=O)(=O)c1ccc(C(=O)OC)c(OC)c1)C(=O)O. The Bertz CT molecular complexity index is 700. The number of carboxylic acid groups (broad SMARTS) is 1. The lowest BCUT2D eigenvalue weighted by Crippen LogP contribution is -2.40. The predicted molar refractivity (Wildman–Crippen MR) is 85.6 cm³/mol. The summed E-state index contributed by atoms with van der Waals surface area (Å²) in [6, 6.07) is 2.37. The normalized spacial score (nSPS) is 12.5. The van der Waals surface area contributed by atoms with Gasteiger partial charge in [-0.25, -0.2) is 13.2 Å². The Morgan fingerprint density at radius 1 is 1.29 bits per heavy atom. The topological polar surface area (TPSA) is 119 Å². The van der Waals surface area contributed by atoms with E-state index in [-0.39, 0.29) is 22.6 Å². The minimum atomic E-state index is -4.08. The van der Waals surface area contributed by atoms with Crippen molar-refractivity contribution < 1.29 is 32.6 Å². The van der Waals surface area contributed by atoms with E-state index in [2.05, 4.69) is 9.46 Å². The van der Waals surface area contributed by atoms with E-state index in [1.807, 2.05) is 6.92 Å². The molecule has 134 valence electrons. The summed E-state index contributed by atoms with van der Waals surface area (Å²) in [6.45, 7) is 1.88. The number of nitrogens with one attached hydrogen (secondary N) is 1. The van der Waals surface area contributed by atoms with Crippen molar-refractivity contribution >= 4 is 22.0 Å². The molecule has 24 heavy (non-hydrogen) atoms. The number of sulfonamides is 1. The van der Waals surface area contributed by atoms with E-state index < -0.39 is 28.0 Å². The second-order valence-corrected chi connectivity index (χ2v) is 6.72. The number of hydrogen-bond donors (Lipinski definition) is 2. The average Bonchev–Trinajstić information content (AvgIpc) is 2.56. The maximum Gasteiger partial charge on any atom is 0.341 e. The molecule has 1 aromatic rings. The number of carbonyl (C=O) groups is 2. The lowest BCUT2D eigenvalue weighted by Gasteiger charge is -2.15. The molecule has 0 amide bonds. The van der Waals surface area contributed by atoms with E-state index in [1.165, 1.54) is 26.4 Å². The number of hydrogen-bond acceptors (Lipinski definition) is 6. The third-order valence-electron chi connectivity index (χ3n) is 3.33. The molecule has 0 saturated heterocycles. The summed E-state index contributed by atoms with van der Waals surface area (Å²) in [5, 5.41) is 9.15. The van der Waals surface area contributed by atoms with Crippen LogP contribution in [0.5, 0.6) is 5.75 Å². The van der Waals surface area contributed by atoms with Crippen molar-refractivity contribution in [2.75, 3.05) is 14.2 Å². The van der Waals surface area contributed by atoms with Crippen LogP contribution in [-0.4, -0.2) is 45.7 Å². The Morgan fingerprint density at radius 2 is 1.96 bits per heavy atom. The van der Waals surface area contributed by atoms with Gasteiger partial charge in [0.2, 0.25) is 10.0 Å². The van der Waals surface area contributed by atoms with E-state index in [0.29, 0.717) is 6.42 Å². The quantitative estimate of drug-likeness (QED) is 0.640. The first-order valence-electron chi connectivity index (χ1n) is 7.28. The van der Waals surface area contributed by atoms with Crippen LogP contribution in [-0.2, 0) is 19.6 Å². The molecule has 1 unspecified atom stereocenters. The third kappa shape index (κ3) is 4.93. The Balaban J connectivity index is 3.13. The minimum absolute atomic E-state index is 0.0187. The van der Waals surface area contributed by atoms with E-state index in [0.717, 1.165) is 12.5 Å². The number of unbranched alkanes of at least 4 members (excludes halogenated alkanes) is 1. The smallest absolute Gasteiger partial charge is 0.341 e. The van der Waals surface area contributed by atoms with Crippen LogP contribution in [0.1, 0.15) is 36.5 Å². The Morgan fingerprint density at radius 3 is 2.46 bits per heavy atom. The molecule has 2 N–H and O–H groups in total. The monoisotopic (exact) mass is 359 g/mol. The standard InChI is InChI=1S/C15H21NO7S/c1-4-5-6-12(14(17)18)16-24(20,21)10-7-8-11(15(19)23-3)13(9-10)22-2/h7-9,12,16H,4-6H2,1-3H3,(H,17,18). The number of rotatable bonds is 9. The van der Waals surface area contributed by atoms with Gasteiger partial charge in [-0.1, -0.05) is 19.8 Å². The molecule has 0 aliphatic carbocycles. The van der Waals surface area contributed by atoms with Gasteiger partial charge in [-0.2, -0.15) is 4.72 Å². The summed E-state index contributed by atoms with van der Waals surface area (Å²) in [6.07, 6.45) is 1.50. The van der Waals surface area contributed by atoms with Gasteiger partial charge in [-0.05, 0) is 18.6 Å². The number of carboxylic acids is 1. The van der Waals surface area contributed by atoms with Gasteiger partial charge in [0.15, 0.2) is 0 Å². The molecule has 1 aromatic carbocycles. The molecule has 0 spiro atoms. The first kappa shape index (κ1) is 19.9. The Hall–Kier alpha value is -2.13. The van der Waals surface area contributed by atoms with E-state index in [9.17, 15) is 18.0 Å². The molecule has 9 heteroatoms. The van der Waals surface area contributed by atoms with Gasteiger partial charge in [-0.15, -0.1) is 0 Å². The van der Waals surface area contributed by atoms with Crippen molar-refractivity contribution in [2.45, 2.75) is 37.1 Å². The fourth-order valence-electron chi connectivity index (χ4n) is 2.01. The highest BCUT2D eigenvalue weighted by Crippen LogP contribution is 2.24. The van der Waals surface area contributed by atoms with Crippen LogP contribution in [0.15, 0.2) is 23.1 Å². The van der Waals surface area contributed by atoms with Crippen molar-refractivity contribution in [3.63, 3.8) is 0 Å². The predicted octanol–water partition coefficient (Wildman–Crippen LogP) is 1.40. The number of esters is 1. The number of carbonyl (C=O) groups excluding carboxylic acids is 1. The van der Waals surface area contributed by atoms with Crippen LogP contribution in [0.2, 0.25) is 0 Å². The molecule has 0 heterocycles. The number of aliphatic carboxylic acids is 1. The molecule has 0 aromatic heterocycles. The molecule has 1 atom stereocenters. The summed E-state index contributed by atoms with van der Waals surface area (Å²) in [5.74, 6) is -1.90. The summed E-state index contributed by atoms with van der Waals surface area (Å²) in [4.78, 5) is 22.6. The van der Waals surface area contributed by atoms with Crippen molar-refractivity contribution in [1.82, 2.24) is 4.72 Å².